The number of carbonyl (C=O) groups is 1. The van der Waals surface area contributed by atoms with Gasteiger partial charge in [0.05, 0.1) is 0 Å². The molecule has 3 nitrogen and oxygen atoms in total. The lowest BCUT2D eigenvalue weighted by Gasteiger charge is -2.16. The molecule has 0 heterocycles. The van der Waals surface area contributed by atoms with Gasteiger partial charge in [0.2, 0.25) is 0 Å². The number of phenols is 2. The van der Waals surface area contributed by atoms with Crippen LogP contribution in [0.1, 0.15) is 39.9 Å². The van der Waals surface area contributed by atoms with Gasteiger partial charge in [-0.3, -0.25) is 4.79 Å². The molecule has 3 aromatic rings. The molecule has 0 aliphatic carbocycles. The summed E-state index contributed by atoms with van der Waals surface area (Å²) >= 11 is 1.58. The van der Waals surface area contributed by atoms with Crippen LogP contribution in [0.4, 0.5) is 0 Å². The van der Waals surface area contributed by atoms with Crippen LogP contribution in [-0.4, -0.2) is 16.5 Å². The minimum absolute atomic E-state index is 0.00203. The SMILES string of the molecule is Cc1cc(Sc2ccc(O)c(C(C)c3ccc(C=O)cc3)c2)ccc1O. The molecule has 4 heteroatoms. The van der Waals surface area contributed by atoms with Crippen molar-refractivity contribution in [1.29, 1.82) is 0 Å². The number of hydrogen-bond donors (Lipinski definition) is 2. The molecule has 3 rings (SSSR count). The molecular weight excluding hydrogens is 344 g/mol. The Morgan fingerprint density at radius 2 is 1.50 bits per heavy atom. The number of rotatable bonds is 5. The maximum absolute atomic E-state index is 10.8. The second-order valence-corrected chi connectivity index (χ2v) is 7.42. The summed E-state index contributed by atoms with van der Waals surface area (Å²) in [6, 6.07) is 18.5. The zero-order chi connectivity index (χ0) is 18.7. The molecule has 1 atom stereocenters. The highest BCUT2D eigenvalue weighted by Gasteiger charge is 2.14. The number of phenolic OH excluding ortho intramolecular Hbond substituents is 2. The van der Waals surface area contributed by atoms with Crippen LogP contribution in [0.15, 0.2) is 70.5 Å². The third-order valence-electron chi connectivity index (χ3n) is 4.44. The van der Waals surface area contributed by atoms with E-state index in [1.807, 2.05) is 50.2 Å². The fourth-order valence-electron chi connectivity index (χ4n) is 2.81. The molecule has 0 aliphatic heterocycles. The van der Waals surface area contributed by atoms with E-state index in [1.165, 1.54) is 0 Å². The standard InChI is InChI=1S/C22H20O3S/c1-14-11-18(7-9-21(14)24)26-19-8-10-22(25)20(12-19)15(2)17-5-3-16(13-23)4-6-17/h3-13,15,24-25H,1-2H3. The maximum atomic E-state index is 10.8. The number of aldehydes is 1. The van der Waals surface area contributed by atoms with Gasteiger partial charge >= 0.3 is 0 Å². The van der Waals surface area contributed by atoms with Gasteiger partial charge in [-0.2, -0.15) is 0 Å². The van der Waals surface area contributed by atoms with Crippen molar-refractivity contribution in [3.8, 4) is 11.5 Å². The number of hydrogen-bond acceptors (Lipinski definition) is 4. The van der Waals surface area contributed by atoms with Crippen molar-refractivity contribution in [2.75, 3.05) is 0 Å². The van der Waals surface area contributed by atoms with E-state index in [4.69, 9.17) is 0 Å². The Hall–Kier alpha value is -2.72. The molecule has 0 aromatic heterocycles. The van der Waals surface area contributed by atoms with Crippen LogP contribution >= 0.6 is 11.8 Å². The van der Waals surface area contributed by atoms with Crippen molar-refractivity contribution in [3.63, 3.8) is 0 Å². The Morgan fingerprint density at radius 3 is 2.12 bits per heavy atom. The topological polar surface area (TPSA) is 57.5 Å². The second-order valence-electron chi connectivity index (χ2n) is 6.28. The zero-order valence-electron chi connectivity index (χ0n) is 14.6. The van der Waals surface area contributed by atoms with Crippen LogP contribution in [0.3, 0.4) is 0 Å². The summed E-state index contributed by atoms with van der Waals surface area (Å²) in [6.07, 6.45) is 0.822. The molecular formula is C22H20O3S. The number of aryl methyl sites for hydroxylation is 1. The lowest BCUT2D eigenvalue weighted by Crippen LogP contribution is -1.97. The van der Waals surface area contributed by atoms with Gasteiger partial charge < -0.3 is 10.2 Å². The van der Waals surface area contributed by atoms with Crippen LogP contribution in [0, 0.1) is 6.92 Å². The quantitative estimate of drug-likeness (QED) is 0.585. The Bertz CT molecular complexity index is 933. The van der Waals surface area contributed by atoms with Crippen molar-refractivity contribution in [3.05, 3.63) is 82.9 Å². The summed E-state index contributed by atoms with van der Waals surface area (Å²) in [5.74, 6) is 0.536. The average Bonchev–Trinajstić information content (AvgIpc) is 2.66. The van der Waals surface area contributed by atoms with E-state index in [2.05, 4.69) is 0 Å². The highest BCUT2D eigenvalue weighted by atomic mass is 32.2. The number of aromatic hydroxyl groups is 2. The fraction of sp³-hybridized carbons (Fsp3) is 0.136. The minimum Gasteiger partial charge on any atom is -0.508 e. The Balaban J connectivity index is 1.88. The first kappa shape index (κ1) is 18.1. The largest absolute Gasteiger partial charge is 0.508 e. The molecule has 3 aromatic carbocycles. The number of carbonyl (C=O) groups excluding carboxylic acids is 1. The highest BCUT2D eigenvalue weighted by Crippen LogP contribution is 2.37. The Kier molecular flexibility index (Phi) is 5.33. The lowest BCUT2D eigenvalue weighted by molar-refractivity contribution is 0.112. The van der Waals surface area contributed by atoms with Gasteiger partial charge in [-0.15, -0.1) is 0 Å². The summed E-state index contributed by atoms with van der Waals surface area (Å²) in [7, 11) is 0. The molecule has 0 saturated heterocycles. The molecule has 0 amide bonds. The van der Waals surface area contributed by atoms with Crippen LogP contribution in [0.25, 0.3) is 0 Å². The summed E-state index contributed by atoms with van der Waals surface area (Å²) in [4.78, 5) is 12.9. The number of benzene rings is 3. The molecule has 2 N–H and O–H groups in total. The Morgan fingerprint density at radius 1 is 0.885 bits per heavy atom. The molecule has 132 valence electrons. The molecule has 0 aliphatic rings. The molecule has 0 radical (unpaired) electrons. The van der Waals surface area contributed by atoms with E-state index in [1.54, 1.807) is 36.0 Å². The van der Waals surface area contributed by atoms with Crippen LogP contribution in [0.5, 0.6) is 11.5 Å². The van der Waals surface area contributed by atoms with Gasteiger partial charge in [-0.1, -0.05) is 43.0 Å². The van der Waals surface area contributed by atoms with Gasteiger partial charge in [-0.25, -0.2) is 0 Å². The van der Waals surface area contributed by atoms with Crippen LogP contribution in [-0.2, 0) is 0 Å². The molecule has 0 saturated carbocycles. The van der Waals surface area contributed by atoms with E-state index in [-0.39, 0.29) is 17.4 Å². The maximum Gasteiger partial charge on any atom is 0.150 e. The van der Waals surface area contributed by atoms with Gasteiger partial charge in [0, 0.05) is 26.8 Å². The first-order valence-corrected chi connectivity index (χ1v) is 9.15. The summed E-state index contributed by atoms with van der Waals surface area (Å²) in [5.41, 5.74) is 3.34. The lowest BCUT2D eigenvalue weighted by atomic mass is 9.92. The normalized spacial score (nSPS) is 11.9. The average molecular weight is 364 g/mol. The highest BCUT2D eigenvalue weighted by molar-refractivity contribution is 7.99. The molecule has 0 fully saturated rings. The van der Waals surface area contributed by atoms with E-state index in [0.717, 1.165) is 32.8 Å². The third-order valence-corrected chi connectivity index (χ3v) is 5.42. The summed E-state index contributed by atoms with van der Waals surface area (Å²) in [6.45, 7) is 3.90. The van der Waals surface area contributed by atoms with E-state index < -0.39 is 0 Å². The molecule has 26 heavy (non-hydrogen) atoms. The van der Waals surface area contributed by atoms with E-state index in [9.17, 15) is 15.0 Å². The summed E-state index contributed by atoms with van der Waals surface area (Å²) in [5, 5.41) is 20.0. The predicted octanol–water partition coefficient (Wildman–Crippen LogP) is 5.52. The van der Waals surface area contributed by atoms with Crippen molar-refractivity contribution in [2.45, 2.75) is 29.6 Å². The van der Waals surface area contributed by atoms with Gasteiger partial charge in [-0.05, 0) is 54.4 Å². The zero-order valence-corrected chi connectivity index (χ0v) is 15.5. The summed E-state index contributed by atoms with van der Waals surface area (Å²) < 4.78 is 0. The van der Waals surface area contributed by atoms with Crippen LogP contribution in [0.2, 0.25) is 0 Å². The second kappa shape index (κ2) is 7.67. The molecule has 1 unspecified atom stereocenters. The van der Waals surface area contributed by atoms with Crippen molar-refractivity contribution < 1.29 is 15.0 Å². The first-order valence-electron chi connectivity index (χ1n) is 8.33. The van der Waals surface area contributed by atoms with Crippen molar-refractivity contribution >= 4 is 18.0 Å². The van der Waals surface area contributed by atoms with Gasteiger partial charge in [0.15, 0.2) is 0 Å². The van der Waals surface area contributed by atoms with Gasteiger partial charge in [0.1, 0.15) is 17.8 Å². The first-order chi connectivity index (χ1) is 12.5. The van der Waals surface area contributed by atoms with Gasteiger partial charge in [0.25, 0.3) is 0 Å². The molecule has 0 spiro atoms. The van der Waals surface area contributed by atoms with Crippen molar-refractivity contribution in [2.24, 2.45) is 0 Å². The minimum atomic E-state index is -0.00203. The smallest absolute Gasteiger partial charge is 0.150 e. The van der Waals surface area contributed by atoms with Crippen molar-refractivity contribution in [1.82, 2.24) is 0 Å². The molecule has 0 bridgehead atoms. The van der Waals surface area contributed by atoms with Crippen LogP contribution < -0.4 is 0 Å². The third kappa shape index (κ3) is 3.92. The Labute approximate surface area is 157 Å². The predicted molar refractivity (Wildman–Crippen MR) is 104 cm³/mol. The fourth-order valence-corrected chi connectivity index (χ4v) is 3.78. The van der Waals surface area contributed by atoms with E-state index in [0.29, 0.717) is 5.56 Å². The van der Waals surface area contributed by atoms with E-state index >= 15 is 0 Å². The monoisotopic (exact) mass is 364 g/mol.